The first-order valence-corrected chi connectivity index (χ1v) is 9.08. The van der Waals surface area contributed by atoms with E-state index in [-0.39, 0.29) is 10.6 Å². The third kappa shape index (κ3) is 3.93. The number of nitrogens with two attached hydrogens (primary N) is 1. The molecule has 0 aromatic heterocycles. The molecule has 24 heavy (non-hydrogen) atoms. The van der Waals surface area contributed by atoms with Gasteiger partial charge in [-0.05, 0) is 38.5 Å². The minimum absolute atomic E-state index is 0.0916. The van der Waals surface area contributed by atoms with E-state index >= 15 is 0 Å². The molecular formula is C16H21NO6S. The maximum atomic E-state index is 12.1. The highest BCUT2D eigenvalue weighted by Crippen LogP contribution is 2.37. The Labute approximate surface area is 141 Å². The molecule has 1 aromatic rings. The first-order valence-electron chi connectivity index (χ1n) is 7.43. The second-order valence-corrected chi connectivity index (χ2v) is 8.69. The van der Waals surface area contributed by atoms with Crippen LogP contribution >= 0.6 is 0 Å². The maximum Gasteiger partial charge on any atom is 0.328 e. The number of carbonyl (C=O) groups is 2. The first-order chi connectivity index (χ1) is 10.9. The van der Waals surface area contributed by atoms with Crippen molar-refractivity contribution in [2.24, 2.45) is 5.73 Å². The lowest BCUT2D eigenvalue weighted by Crippen LogP contribution is -2.31. The molecule has 2 N–H and O–H groups in total. The highest BCUT2D eigenvalue weighted by molar-refractivity contribution is 7.91. The van der Waals surface area contributed by atoms with Crippen LogP contribution in [0, 0.1) is 0 Å². The molecule has 2 unspecified atom stereocenters. The summed E-state index contributed by atoms with van der Waals surface area (Å²) in [6.07, 6.45) is -0.895. The lowest BCUT2D eigenvalue weighted by atomic mass is 10.0. The van der Waals surface area contributed by atoms with E-state index in [0.717, 1.165) is 0 Å². The molecule has 132 valence electrons. The largest absolute Gasteiger partial charge is 0.459 e. The molecule has 1 heterocycles. The van der Waals surface area contributed by atoms with Gasteiger partial charge in [0.2, 0.25) is 0 Å². The van der Waals surface area contributed by atoms with Crippen molar-refractivity contribution in [2.75, 3.05) is 5.75 Å². The number of esters is 2. The number of carbonyl (C=O) groups excluding carboxylic acids is 2. The zero-order valence-corrected chi connectivity index (χ0v) is 14.8. The van der Waals surface area contributed by atoms with Crippen molar-refractivity contribution < 1.29 is 27.5 Å². The van der Waals surface area contributed by atoms with Crippen LogP contribution in [0.4, 0.5) is 0 Å². The molecule has 8 heteroatoms. The third-order valence-electron chi connectivity index (χ3n) is 3.41. The molecule has 1 aromatic carbocycles. The van der Waals surface area contributed by atoms with Gasteiger partial charge in [0.25, 0.3) is 0 Å². The summed E-state index contributed by atoms with van der Waals surface area (Å²) in [7, 11) is -3.53. The van der Waals surface area contributed by atoms with Gasteiger partial charge in [-0.25, -0.2) is 13.2 Å². The zero-order valence-electron chi connectivity index (χ0n) is 14.0. The standard InChI is InChI=1S/C16H21NO6S/c1-9(18)22-12-8-24(20,21)13-6-5-10(7-11(12)13)14(17)15(19)23-16(2,3)4/h5-7,12,14H,8,17H2,1-4H3. The summed E-state index contributed by atoms with van der Waals surface area (Å²) in [6.45, 7) is 6.39. The van der Waals surface area contributed by atoms with Gasteiger partial charge in [0.15, 0.2) is 9.84 Å². The molecule has 2 atom stereocenters. The zero-order chi connectivity index (χ0) is 18.3. The molecule has 0 aliphatic carbocycles. The van der Waals surface area contributed by atoms with Gasteiger partial charge in [-0.2, -0.15) is 0 Å². The normalized spacial score (nSPS) is 20.1. The van der Waals surface area contributed by atoms with Gasteiger partial charge in [0.1, 0.15) is 17.7 Å². The summed E-state index contributed by atoms with van der Waals surface area (Å²) in [6, 6.07) is 3.28. The molecule has 0 saturated carbocycles. The van der Waals surface area contributed by atoms with Crippen LogP contribution in [0.3, 0.4) is 0 Å². The van der Waals surface area contributed by atoms with Crippen LogP contribution in [-0.4, -0.2) is 31.7 Å². The van der Waals surface area contributed by atoms with E-state index in [4.69, 9.17) is 15.2 Å². The minimum Gasteiger partial charge on any atom is -0.459 e. The van der Waals surface area contributed by atoms with E-state index in [9.17, 15) is 18.0 Å². The fourth-order valence-corrected chi connectivity index (χ4v) is 4.12. The van der Waals surface area contributed by atoms with Crippen molar-refractivity contribution in [1.82, 2.24) is 0 Å². The summed E-state index contributed by atoms with van der Waals surface area (Å²) >= 11 is 0. The van der Waals surface area contributed by atoms with Crippen LogP contribution in [0.1, 0.15) is 51.0 Å². The molecular weight excluding hydrogens is 334 g/mol. The SMILES string of the molecule is CC(=O)OC1CS(=O)(=O)c2ccc(C(N)C(=O)OC(C)(C)C)cc21. The Morgan fingerprint density at radius 1 is 1.29 bits per heavy atom. The summed E-state index contributed by atoms with van der Waals surface area (Å²) in [5.74, 6) is -1.51. The van der Waals surface area contributed by atoms with Crippen molar-refractivity contribution in [1.29, 1.82) is 0 Å². The van der Waals surface area contributed by atoms with Crippen molar-refractivity contribution >= 4 is 21.8 Å². The number of hydrogen-bond donors (Lipinski definition) is 1. The van der Waals surface area contributed by atoms with Crippen LogP contribution < -0.4 is 5.73 Å². The molecule has 0 saturated heterocycles. The van der Waals surface area contributed by atoms with Gasteiger partial charge in [-0.1, -0.05) is 6.07 Å². The highest BCUT2D eigenvalue weighted by atomic mass is 32.2. The topological polar surface area (TPSA) is 113 Å². The average Bonchev–Trinajstić information content (AvgIpc) is 2.66. The predicted octanol–water partition coefficient (Wildman–Crippen LogP) is 1.42. The monoisotopic (exact) mass is 355 g/mol. The molecule has 0 radical (unpaired) electrons. The van der Waals surface area contributed by atoms with Gasteiger partial charge in [-0.15, -0.1) is 0 Å². The molecule has 1 aliphatic rings. The maximum absolute atomic E-state index is 12.1. The lowest BCUT2D eigenvalue weighted by molar-refractivity contribution is -0.156. The van der Waals surface area contributed by atoms with Crippen LogP contribution in [0.15, 0.2) is 23.1 Å². The van der Waals surface area contributed by atoms with E-state index in [1.54, 1.807) is 20.8 Å². The number of hydrogen-bond acceptors (Lipinski definition) is 7. The molecule has 0 bridgehead atoms. The molecule has 0 fully saturated rings. The number of ether oxygens (including phenoxy) is 2. The van der Waals surface area contributed by atoms with E-state index in [2.05, 4.69) is 0 Å². The molecule has 1 aliphatic heterocycles. The Kier molecular flexibility index (Phi) is 4.74. The van der Waals surface area contributed by atoms with Gasteiger partial charge < -0.3 is 15.2 Å². The van der Waals surface area contributed by atoms with Crippen LogP contribution in [-0.2, 0) is 28.9 Å². The molecule has 0 amide bonds. The summed E-state index contributed by atoms with van der Waals surface area (Å²) in [5, 5.41) is 0. The lowest BCUT2D eigenvalue weighted by Gasteiger charge is -2.22. The first kappa shape index (κ1) is 18.4. The average molecular weight is 355 g/mol. The fraction of sp³-hybridized carbons (Fsp3) is 0.500. The van der Waals surface area contributed by atoms with E-state index in [1.165, 1.54) is 25.1 Å². The predicted molar refractivity (Wildman–Crippen MR) is 85.8 cm³/mol. The van der Waals surface area contributed by atoms with E-state index < -0.39 is 39.5 Å². The van der Waals surface area contributed by atoms with Crippen LogP contribution in [0.2, 0.25) is 0 Å². The minimum atomic E-state index is -3.53. The van der Waals surface area contributed by atoms with E-state index in [0.29, 0.717) is 11.1 Å². The Hall–Kier alpha value is -1.93. The second-order valence-electron chi connectivity index (χ2n) is 6.69. The molecule has 7 nitrogen and oxygen atoms in total. The number of benzene rings is 1. The Morgan fingerprint density at radius 3 is 2.46 bits per heavy atom. The Balaban J connectivity index is 2.36. The summed E-state index contributed by atoms with van der Waals surface area (Å²) in [5.41, 5.74) is 5.97. The summed E-state index contributed by atoms with van der Waals surface area (Å²) < 4.78 is 34.6. The Bertz CT molecular complexity index is 778. The number of rotatable bonds is 3. The smallest absolute Gasteiger partial charge is 0.328 e. The van der Waals surface area contributed by atoms with Crippen LogP contribution in [0.25, 0.3) is 0 Å². The van der Waals surface area contributed by atoms with Crippen molar-refractivity contribution in [2.45, 2.75) is 50.3 Å². The number of sulfone groups is 1. The van der Waals surface area contributed by atoms with Gasteiger partial charge >= 0.3 is 11.9 Å². The molecule has 2 rings (SSSR count). The quantitative estimate of drug-likeness (QED) is 0.816. The van der Waals surface area contributed by atoms with Gasteiger partial charge in [-0.3, -0.25) is 4.79 Å². The van der Waals surface area contributed by atoms with Crippen molar-refractivity contribution in [3.8, 4) is 0 Å². The van der Waals surface area contributed by atoms with Gasteiger partial charge in [0, 0.05) is 12.5 Å². The second kappa shape index (κ2) is 6.18. The van der Waals surface area contributed by atoms with Crippen molar-refractivity contribution in [3.63, 3.8) is 0 Å². The van der Waals surface area contributed by atoms with Crippen LogP contribution in [0.5, 0.6) is 0 Å². The van der Waals surface area contributed by atoms with E-state index in [1.807, 2.05) is 0 Å². The summed E-state index contributed by atoms with van der Waals surface area (Å²) in [4.78, 5) is 23.4. The fourth-order valence-electron chi connectivity index (χ4n) is 2.47. The number of fused-ring (bicyclic) bond motifs is 1. The Morgan fingerprint density at radius 2 is 1.92 bits per heavy atom. The highest BCUT2D eigenvalue weighted by Gasteiger charge is 2.37. The molecule has 0 spiro atoms. The van der Waals surface area contributed by atoms with Crippen molar-refractivity contribution in [3.05, 3.63) is 29.3 Å². The third-order valence-corrected chi connectivity index (χ3v) is 5.20. The van der Waals surface area contributed by atoms with Gasteiger partial charge in [0.05, 0.1) is 10.6 Å².